The molecule has 0 radical (unpaired) electrons. The number of rotatable bonds is 5. The maximum atomic E-state index is 5.55. The van der Waals surface area contributed by atoms with Gasteiger partial charge in [0.05, 0.1) is 6.54 Å². The third kappa shape index (κ3) is 3.31. The summed E-state index contributed by atoms with van der Waals surface area (Å²) in [6.07, 6.45) is 3.21. The second kappa shape index (κ2) is 6.32. The minimum atomic E-state index is -0.394. The zero-order chi connectivity index (χ0) is 12.8. The Morgan fingerprint density at radius 2 is 1.89 bits per heavy atom. The average molecular weight is 249 g/mol. The molecule has 0 atom stereocenters. The Balaban J connectivity index is 1.86. The van der Waals surface area contributed by atoms with Crippen LogP contribution in [0.4, 0.5) is 0 Å². The van der Waals surface area contributed by atoms with Gasteiger partial charge in [-0.3, -0.25) is 4.90 Å². The molecule has 1 aliphatic heterocycles. The Kier molecular flexibility index (Phi) is 4.75. The molecule has 0 spiro atoms. The highest BCUT2D eigenvalue weighted by Crippen LogP contribution is 2.25. The Hall–Kier alpha value is -0.900. The summed E-state index contributed by atoms with van der Waals surface area (Å²) in [5.74, 6) is -0.394. The summed E-state index contributed by atoms with van der Waals surface area (Å²) in [7, 11) is 3.48. The first kappa shape index (κ1) is 13.5. The van der Waals surface area contributed by atoms with Gasteiger partial charge in [-0.05, 0) is 24.9 Å². The largest absolute Gasteiger partial charge is 0.352 e. The zero-order valence-corrected chi connectivity index (χ0v) is 11.4. The van der Waals surface area contributed by atoms with E-state index in [0.29, 0.717) is 0 Å². The van der Waals surface area contributed by atoms with Crippen molar-refractivity contribution in [1.29, 1.82) is 0 Å². The van der Waals surface area contributed by atoms with Gasteiger partial charge < -0.3 is 9.47 Å². The van der Waals surface area contributed by atoms with E-state index in [1.54, 1.807) is 14.2 Å². The molecule has 18 heavy (non-hydrogen) atoms. The first-order chi connectivity index (χ1) is 8.78. The van der Waals surface area contributed by atoms with Gasteiger partial charge >= 0.3 is 0 Å². The van der Waals surface area contributed by atoms with Crippen LogP contribution in [0.15, 0.2) is 30.3 Å². The van der Waals surface area contributed by atoms with Gasteiger partial charge in [0.2, 0.25) is 0 Å². The van der Waals surface area contributed by atoms with Crippen LogP contribution >= 0.6 is 0 Å². The van der Waals surface area contributed by atoms with Gasteiger partial charge in [0, 0.05) is 27.2 Å². The number of piperidine rings is 1. The summed E-state index contributed by atoms with van der Waals surface area (Å²) in [5.41, 5.74) is 1.39. The van der Waals surface area contributed by atoms with Crippen LogP contribution in [0, 0.1) is 0 Å². The molecule has 0 bridgehead atoms. The predicted molar refractivity (Wildman–Crippen MR) is 72.6 cm³/mol. The first-order valence-electron chi connectivity index (χ1n) is 6.64. The van der Waals surface area contributed by atoms with Crippen LogP contribution in [0.1, 0.15) is 18.4 Å². The number of methoxy groups -OCH3 is 2. The lowest BCUT2D eigenvalue weighted by molar-refractivity contribution is -0.232. The second-order valence-corrected chi connectivity index (χ2v) is 4.93. The van der Waals surface area contributed by atoms with Gasteiger partial charge in [0.1, 0.15) is 0 Å². The molecule has 3 heteroatoms. The number of hydrogen-bond donors (Lipinski definition) is 0. The van der Waals surface area contributed by atoms with E-state index >= 15 is 0 Å². The SMILES string of the molecule is COC1(OC)CCCN(CCc2ccccc2)C1. The van der Waals surface area contributed by atoms with Gasteiger partial charge in [-0.1, -0.05) is 30.3 Å². The van der Waals surface area contributed by atoms with E-state index in [9.17, 15) is 0 Å². The summed E-state index contributed by atoms with van der Waals surface area (Å²) in [5, 5.41) is 0. The molecule has 1 aromatic carbocycles. The van der Waals surface area contributed by atoms with Crippen molar-refractivity contribution in [2.45, 2.75) is 25.0 Å². The van der Waals surface area contributed by atoms with Crippen molar-refractivity contribution < 1.29 is 9.47 Å². The highest BCUT2D eigenvalue weighted by molar-refractivity contribution is 5.14. The van der Waals surface area contributed by atoms with E-state index in [-0.39, 0.29) is 0 Å². The van der Waals surface area contributed by atoms with E-state index in [2.05, 4.69) is 35.2 Å². The van der Waals surface area contributed by atoms with Crippen molar-refractivity contribution in [3.05, 3.63) is 35.9 Å². The predicted octanol–water partition coefficient (Wildman–Crippen LogP) is 2.31. The Bertz CT molecular complexity index is 349. The summed E-state index contributed by atoms with van der Waals surface area (Å²) < 4.78 is 11.1. The number of hydrogen-bond acceptors (Lipinski definition) is 3. The summed E-state index contributed by atoms with van der Waals surface area (Å²) in [6, 6.07) is 10.6. The fourth-order valence-corrected chi connectivity index (χ4v) is 2.61. The molecule has 0 saturated carbocycles. The van der Waals surface area contributed by atoms with Crippen molar-refractivity contribution in [2.75, 3.05) is 33.9 Å². The van der Waals surface area contributed by atoms with Crippen molar-refractivity contribution >= 4 is 0 Å². The molecule has 0 aliphatic carbocycles. The lowest BCUT2D eigenvalue weighted by Gasteiger charge is -2.40. The summed E-state index contributed by atoms with van der Waals surface area (Å²) in [6.45, 7) is 3.08. The monoisotopic (exact) mass is 249 g/mol. The first-order valence-corrected chi connectivity index (χ1v) is 6.64. The minimum Gasteiger partial charge on any atom is -0.352 e. The Morgan fingerprint density at radius 3 is 2.56 bits per heavy atom. The maximum absolute atomic E-state index is 5.55. The van der Waals surface area contributed by atoms with Crippen LogP contribution in [0.5, 0.6) is 0 Å². The van der Waals surface area contributed by atoms with Crippen LogP contribution in [0.3, 0.4) is 0 Å². The number of ether oxygens (including phenoxy) is 2. The molecule has 1 fully saturated rings. The molecular weight excluding hydrogens is 226 g/mol. The van der Waals surface area contributed by atoms with E-state index in [4.69, 9.17) is 9.47 Å². The minimum absolute atomic E-state index is 0.394. The number of benzene rings is 1. The molecule has 1 heterocycles. The molecule has 1 saturated heterocycles. The highest BCUT2D eigenvalue weighted by Gasteiger charge is 2.35. The topological polar surface area (TPSA) is 21.7 Å². The van der Waals surface area contributed by atoms with Crippen molar-refractivity contribution in [2.24, 2.45) is 0 Å². The molecule has 0 aromatic heterocycles. The standard InChI is InChI=1S/C15H23NO2/c1-17-15(18-2)10-6-11-16(13-15)12-9-14-7-4-3-5-8-14/h3-5,7-8H,6,9-13H2,1-2H3. The molecule has 100 valence electrons. The van der Waals surface area contributed by atoms with Crippen LogP contribution < -0.4 is 0 Å². The van der Waals surface area contributed by atoms with Gasteiger partial charge in [-0.25, -0.2) is 0 Å². The average Bonchev–Trinajstić information content (AvgIpc) is 2.46. The Labute approximate surface area is 110 Å². The zero-order valence-electron chi connectivity index (χ0n) is 11.4. The smallest absolute Gasteiger partial charge is 0.180 e. The summed E-state index contributed by atoms with van der Waals surface area (Å²) >= 11 is 0. The van der Waals surface area contributed by atoms with Crippen molar-refractivity contribution in [3.8, 4) is 0 Å². The van der Waals surface area contributed by atoms with Crippen molar-refractivity contribution in [3.63, 3.8) is 0 Å². The lowest BCUT2D eigenvalue weighted by Crippen LogP contribution is -2.51. The molecule has 1 aliphatic rings. The second-order valence-electron chi connectivity index (χ2n) is 4.93. The molecule has 0 amide bonds. The van der Waals surface area contributed by atoms with Crippen LogP contribution in [0.25, 0.3) is 0 Å². The van der Waals surface area contributed by atoms with Crippen LogP contribution in [-0.2, 0) is 15.9 Å². The third-order valence-corrected chi connectivity index (χ3v) is 3.80. The van der Waals surface area contributed by atoms with Crippen molar-refractivity contribution in [1.82, 2.24) is 4.90 Å². The highest BCUT2D eigenvalue weighted by atomic mass is 16.7. The molecular formula is C15H23NO2. The number of likely N-dealkylation sites (tertiary alicyclic amines) is 1. The molecule has 3 nitrogen and oxygen atoms in total. The van der Waals surface area contributed by atoms with Crippen LogP contribution in [-0.4, -0.2) is 44.5 Å². The Morgan fingerprint density at radius 1 is 1.17 bits per heavy atom. The van der Waals surface area contributed by atoms with E-state index < -0.39 is 5.79 Å². The normalized spacial score (nSPS) is 19.9. The van der Waals surface area contributed by atoms with E-state index in [1.165, 1.54) is 5.56 Å². The quantitative estimate of drug-likeness (QED) is 0.748. The molecule has 0 unspecified atom stereocenters. The fraction of sp³-hybridized carbons (Fsp3) is 0.600. The van der Waals surface area contributed by atoms with Crippen LogP contribution in [0.2, 0.25) is 0 Å². The fourth-order valence-electron chi connectivity index (χ4n) is 2.61. The molecule has 0 N–H and O–H groups in total. The third-order valence-electron chi connectivity index (χ3n) is 3.80. The lowest BCUT2D eigenvalue weighted by atomic mass is 10.0. The summed E-state index contributed by atoms with van der Waals surface area (Å²) in [4.78, 5) is 2.43. The van der Waals surface area contributed by atoms with E-state index in [1.807, 2.05) is 0 Å². The molecule has 2 rings (SSSR count). The van der Waals surface area contributed by atoms with Gasteiger partial charge in [0.25, 0.3) is 0 Å². The van der Waals surface area contributed by atoms with Gasteiger partial charge in [-0.15, -0.1) is 0 Å². The van der Waals surface area contributed by atoms with E-state index in [0.717, 1.165) is 38.9 Å². The van der Waals surface area contributed by atoms with Gasteiger partial charge in [0.15, 0.2) is 5.79 Å². The number of nitrogens with zero attached hydrogens (tertiary/aromatic N) is 1. The molecule has 1 aromatic rings. The maximum Gasteiger partial charge on any atom is 0.180 e. The van der Waals surface area contributed by atoms with Gasteiger partial charge in [-0.2, -0.15) is 0 Å².